The highest BCUT2D eigenvalue weighted by molar-refractivity contribution is 6.17. The zero-order valence-electron chi connectivity index (χ0n) is 12.5. The molecule has 5 heteroatoms. The van der Waals surface area contributed by atoms with Crippen LogP contribution in [0.4, 0.5) is 0 Å². The maximum Gasteiger partial charge on any atom is 0.257 e. The number of nitrogens with zero attached hydrogens (tertiary/aromatic N) is 1. The van der Waals surface area contributed by atoms with Crippen molar-refractivity contribution in [2.24, 2.45) is 0 Å². The zero-order valence-corrected chi connectivity index (χ0v) is 13.2. The standard InChI is InChI=1S/C15H22ClNO3/c1-11(2)17(9-5-8-16)15(18)13-7-6-12(19-3)10-14(13)20-4/h6-7,10-11H,5,8-9H2,1-4H3. The number of alkyl halides is 1. The van der Waals surface area contributed by atoms with Crippen molar-refractivity contribution in [1.29, 1.82) is 0 Å². The molecule has 0 unspecified atom stereocenters. The van der Waals surface area contributed by atoms with Crippen LogP contribution in [0.2, 0.25) is 0 Å². The van der Waals surface area contributed by atoms with E-state index >= 15 is 0 Å². The molecule has 0 aliphatic rings. The van der Waals surface area contributed by atoms with Crippen LogP contribution in [0.25, 0.3) is 0 Å². The van der Waals surface area contributed by atoms with Gasteiger partial charge in [-0.2, -0.15) is 0 Å². The van der Waals surface area contributed by atoms with Crippen LogP contribution >= 0.6 is 11.6 Å². The van der Waals surface area contributed by atoms with Gasteiger partial charge in [0.25, 0.3) is 5.91 Å². The Kier molecular flexibility index (Phi) is 6.65. The van der Waals surface area contributed by atoms with E-state index in [9.17, 15) is 4.79 Å². The summed E-state index contributed by atoms with van der Waals surface area (Å²) in [5.41, 5.74) is 0.538. The molecule has 1 rings (SSSR count). The molecule has 0 bridgehead atoms. The van der Waals surface area contributed by atoms with E-state index in [0.29, 0.717) is 29.5 Å². The van der Waals surface area contributed by atoms with E-state index in [0.717, 1.165) is 6.42 Å². The molecular weight excluding hydrogens is 278 g/mol. The van der Waals surface area contributed by atoms with Crippen LogP contribution in [0.15, 0.2) is 18.2 Å². The second-order valence-electron chi connectivity index (χ2n) is 4.70. The molecule has 0 atom stereocenters. The summed E-state index contributed by atoms with van der Waals surface area (Å²) in [6, 6.07) is 5.32. The summed E-state index contributed by atoms with van der Waals surface area (Å²) < 4.78 is 10.4. The van der Waals surface area contributed by atoms with Gasteiger partial charge in [-0.25, -0.2) is 0 Å². The Morgan fingerprint density at radius 2 is 2.00 bits per heavy atom. The van der Waals surface area contributed by atoms with Crippen LogP contribution in [0, 0.1) is 0 Å². The lowest BCUT2D eigenvalue weighted by Gasteiger charge is -2.27. The number of hydrogen-bond acceptors (Lipinski definition) is 3. The van der Waals surface area contributed by atoms with Gasteiger partial charge in [0.2, 0.25) is 0 Å². The fourth-order valence-corrected chi connectivity index (χ4v) is 2.07. The van der Waals surface area contributed by atoms with Crippen molar-refractivity contribution in [2.75, 3.05) is 26.6 Å². The molecule has 0 saturated carbocycles. The number of benzene rings is 1. The van der Waals surface area contributed by atoms with E-state index in [1.54, 1.807) is 37.3 Å². The Labute approximate surface area is 125 Å². The molecule has 1 amide bonds. The Balaban J connectivity index is 3.04. The Morgan fingerprint density at radius 3 is 2.50 bits per heavy atom. The summed E-state index contributed by atoms with van der Waals surface area (Å²) in [7, 11) is 3.13. The van der Waals surface area contributed by atoms with Crippen LogP contribution in [-0.4, -0.2) is 43.5 Å². The molecule has 0 spiro atoms. The first kappa shape index (κ1) is 16.6. The minimum atomic E-state index is -0.0513. The van der Waals surface area contributed by atoms with E-state index < -0.39 is 0 Å². The number of methoxy groups -OCH3 is 2. The van der Waals surface area contributed by atoms with Crippen LogP contribution in [0.3, 0.4) is 0 Å². The lowest BCUT2D eigenvalue weighted by atomic mass is 10.1. The molecule has 0 heterocycles. The highest BCUT2D eigenvalue weighted by atomic mass is 35.5. The van der Waals surface area contributed by atoms with Crippen LogP contribution in [0.5, 0.6) is 11.5 Å². The summed E-state index contributed by atoms with van der Waals surface area (Å²) in [6.45, 7) is 4.61. The Bertz CT molecular complexity index is 449. The monoisotopic (exact) mass is 299 g/mol. The third-order valence-electron chi connectivity index (χ3n) is 3.06. The van der Waals surface area contributed by atoms with E-state index in [4.69, 9.17) is 21.1 Å². The normalized spacial score (nSPS) is 10.5. The summed E-state index contributed by atoms with van der Waals surface area (Å²) in [5, 5.41) is 0. The highest BCUT2D eigenvalue weighted by Gasteiger charge is 2.21. The van der Waals surface area contributed by atoms with Crippen LogP contribution in [0.1, 0.15) is 30.6 Å². The molecule has 0 radical (unpaired) electrons. The largest absolute Gasteiger partial charge is 0.497 e. The number of carbonyl (C=O) groups is 1. The van der Waals surface area contributed by atoms with Crippen molar-refractivity contribution < 1.29 is 14.3 Å². The summed E-state index contributed by atoms with van der Waals surface area (Å²) in [6.07, 6.45) is 0.768. The average molecular weight is 300 g/mol. The number of ether oxygens (including phenoxy) is 2. The molecular formula is C15H22ClNO3. The van der Waals surface area contributed by atoms with Crippen molar-refractivity contribution in [2.45, 2.75) is 26.3 Å². The Hall–Kier alpha value is -1.42. The molecule has 1 aromatic carbocycles. The second kappa shape index (κ2) is 8.00. The smallest absolute Gasteiger partial charge is 0.257 e. The molecule has 0 aliphatic carbocycles. The molecule has 0 N–H and O–H groups in total. The van der Waals surface area contributed by atoms with Crippen molar-refractivity contribution in [3.05, 3.63) is 23.8 Å². The molecule has 0 aromatic heterocycles. The van der Waals surface area contributed by atoms with Gasteiger partial charge in [-0.05, 0) is 32.4 Å². The average Bonchev–Trinajstić information content (AvgIpc) is 2.46. The summed E-state index contributed by atoms with van der Waals surface area (Å²) in [4.78, 5) is 14.4. The number of hydrogen-bond donors (Lipinski definition) is 0. The van der Waals surface area contributed by atoms with E-state index in [2.05, 4.69) is 0 Å². The predicted octanol–water partition coefficient (Wildman–Crippen LogP) is 3.18. The van der Waals surface area contributed by atoms with Gasteiger partial charge in [-0.15, -0.1) is 11.6 Å². The fourth-order valence-electron chi connectivity index (χ4n) is 1.95. The number of carbonyl (C=O) groups excluding carboxylic acids is 1. The lowest BCUT2D eigenvalue weighted by molar-refractivity contribution is 0.0703. The van der Waals surface area contributed by atoms with Gasteiger partial charge < -0.3 is 14.4 Å². The zero-order chi connectivity index (χ0) is 15.1. The van der Waals surface area contributed by atoms with E-state index in [1.165, 1.54) is 0 Å². The number of amides is 1. The van der Waals surface area contributed by atoms with Gasteiger partial charge in [0.15, 0.2) is 0 Å². The first-order valence-corrected chi connectivity index (χ1v) is 7.17. The first-order chi connectivity index (χ1) is 9.54. The molecule has 112 valence electrons. The van der Waals surface area contributed by atoms with Gasteiger partial charge in [-0.3, -0.25) is 4.79 Å². The molecule has 0 fully saturated rings. The van der Waals surface area contributed by atoms with Crippen molar-refractivity contribution >= 4 is 17.5 Å². The topological polar surface area (TPSA) is 38.8 Å². The quantitative estimate of drug-likeness (QED) is 0.726. The predicted molar refractivity (Wildman–Crippen MR) is 81.1 cm³/mol. The molecule has 0 saturated heterocycles. The first-order valence-electron chi connectivity index (χ1n) is 6.64. The molecule has 0 aliphatic heterocycles. The van der Waals surface area contributed by atoms with Crippen LogP contribution in [-0.2, 0) is 0 Å². The van der Waals surface area contributed by atoms with Gasteiger partial charge in [0.05, 0.1) is 19.8 Å². The van der Waals surface area contributed by atoms with Gasteiger partial charge in [0, 0.05) is 24.5 Å². The minimum absolute atomic E-state index is 0.0513. The van der Waals surface area contributed by atoms with Crippen molar-refractivity contribution in [3.63, 3.8) is 0 Å². The number of halogens is 1. The second-order valence-corrected chi connectivity index (χ2v) is 5.08. The number of rotatable bonds is 7. The van der Waals surface area contributed by atoms with Gasteiger partial charge >= 0.3 is 0 Å². The Morgan fingerprint density at radius 1 is 1.30 bits per heavy atom. The van der Waals surface area contributed by atoms with Crippen molar-refractivity contribution in [1.82, 2.24) is 4.90 Å². The maximum absolute atomic E-state index is 12.6. The van der Waals surface area contributed by atoms with Crippen LogP contribution < -0.4 is 9.47 Å². The minimum Gasteiger partial charge on any atom is -0.497 e. The molecule has 4 nitrogen and oxygen atoms in total. The van der Waals surface area contributed by atoms with Gasteiger partial charge in [0.1, 0.15) is 11.5 Å². The third-order valence-corrected chi connectivity index (χ3v) is 3.32. The van der Waals surface area contributed by atoms with E-state index in [-0.39, 0.29) is 11.9 Å². The van der Waals surface area contributed by atoms with Crippen molar-refractivity contribution in [3.8, 4) is 11.5 Å². The molecule has 20 heavy (non-hydrogen) atoms. The van der Waals surface area contributed by atoms with Gasteiger partial charge in [-0.1, -0.05) is 0 Å². The summed E-state index contributed by atoms with van der Waals surface area (Å²) in [5.74, 6) is 1.67. The lowest BCUT2D eigenvalue weighted by Crippen LogP contribution is -2.38. The SMILES string of the molecule is COc1ccc(C(=O)N(CCCCl)C(C)C)c(OC)c1. The van der Waals surface area contributed by atoms with E-state index in [1.807, 2.05) is 13.8 Å². The third kappa shape index (κ3) is 4.04. The highest BCUT2D eigenvalue weighted by Crippen LogP contribution is 2.26. The fraction of sp³-hybridized carbons (Fsp3) is 0.533. The summed E-state index contributed by atoms with van der Waals surface area (Å²) >= 11 is 5.72. The molecule has 1 aromatic rings. The maximum atomic E-state index is 12.6.